The summed E-state index contributed by atoms with van der Waals surface area (Å²) in [6, 6.07) is 10.9. The van der Waals surface area contributed by atoms with Crippen LogP contribution in [0.3, 0.4) is 0 Å². The normalized spacial score (nSPS) is 10.6. The number of hydrogen-bond acceptors (Lipinski definition) is 4. The van der Waals surface area contributed by atoms with Crippen LogP contribution in [0, 0.1) is 19.7 Å². The van der Waals surface area contributed by atoms with E-state index in [1.807, 2.05) is 0 Å². The van der Waals surface area contributed by atoms with Gasteiger partial charge in [0.2, 0.25) is 5.91 Å². The fourth-order valence-electron chi connectivity index (χ4n) is 2.52. The van der Waals surface area contributed by atoms with Gasteiger partial charge in [0.1, 0.15) is 12.4 Å². The molecule has 0 bridgehead atoms. The second-order valence-corrected chi connectivity index (χ2v) is 6.53. The summed E-state index contributed by atoms with van der Waals surface area (Å²) in [5, 5.41) is 13.4. The summed E-state index contributed by atoms with van der Waals surface area (Å²) < 4.78 is 14.7. The molecule has 1 heterocycles. The number of para-hydroxylation sites is 1. The van der Waals surface area contributed by atoms with Gasteiger partial charge < -0.3 is 10.6 Å². The molecule has 2 aromatic carbocycles. The van der Waals surface area contributed by atoms with Crippen molar-refractivity contribution in [1.82, 2.24) is 15.0 Å². The summed E-state index contributed by atoms with van der Waals surface area (Å²) in [5.74, 6) is -1.37. The van der Waals surface area contributed by atoms with E-state index >= 15 is 0 Å². The number of amides is 2. The van der Waals surface area contributed by atoms with Gasteiger partial charge in [-0.1, -0.05) is 35.0 Å². The Morgan fingerprint density at radius 1 is 1.11 bits per heavy atom. The smallest absolute Gasteiger partial charge is 0.278 e. The molecule has 2 amide bonds. The molecule has 0 unspecified atom stereocenters. The molecule has 9 heteroatoms. The topological polar surface area (TPSA) is 88.9 Å². The fourth-order valence-corrected chi connectivity index (χ4v) is 2.70. The van der Waals surface area contributed by atoms with E-state index in [4.69, 9.17) is 11.6 Å². The first-order valence-electron chi connectivity index (χ1n) is 8.37. The molecule has 2 N–H and O–H groups in total. The number of nitrogens with one attached hydrogen (secondary N) is 2. The lowest BCUT2D eigenvalue weighted by Crippen LogP contribution is -2.21. The van der Waals surface area contributed by atoms with Crippen molar-refractivity contribution in [2.45, 2.75) is 20.4 Å². The number of nitrogens with zero attached hydrogens (tertiary/aromatic N) is 3. The zero-order valence-corrected chi connectivity index (χ0v) is 15.9. The molecule has 144 valence electrons. The number of carbonyl (C=O) groups is 2. The highest BCUT2D eigenvalue weighted by Gasteiger charge is 2.19. The molecule has 0 fully saturated rings. The number of benzene rings is 2. The van der Waals surface area contributed by atoms with E-state index in [1.54, 1.807) is 44.2 Å². The number of aryl methyl sites for hydroxylation is 1. The average molecular weight is 402 g/mol. The Morgan fingerprint density at radius 2 is 1.86 bits per heavy atom. The van der Waals surface area contributed by atoms with Gasteiger partial charge >= 0.3 is 0 Å². The number of carbonyl (C=O) groups excluding carboxylic acids is 2. The van der Waals surface area contributed by atoms with E-state index in [0.29, 0.717) is 27.7 Å². The second-order valence-electron chi connectivity index (χ2n) is 6.12. The minimum Gasteiger partial charge on any atom is -0.323 e. The number of anilines is 2. The van der Waals surface area contributed by atoms with Gasteiger partial charge in [-0.15, -0.1) is 5.10 Å². The Kier molecular flexibility index (Phi) is 5.70. The summed E-state index contributed by atoms with van der Waals surface area (Å²) in [6.07, 6.45) is 0. The molecule has 7 nitrogen and oxygen atoms in total. The minimum atomic E-state index is -0.538. The quantitative estimate of drug-likeness (QED) is 0.683. The van der Waals surface area contributed by atoms with Gasteiger partial charge in [-0.3, -0.25) is 9.59 Å². The van der Waals surface area contributed by atoms with Gasteiger partial charge in [0.25, 0.3) is 5.91 Å². The maximum Gasteiger partial charge on any atom is 0.278 e. The Morgan fingerprint density at radius 3 is 2.61 bits per heavy atom. The number of halogens is 2. The fraction of sp³-hybridized carbons (Fsp3) is 0.158. The van der Waals surface area contributed by atoms with Crippen LogP contribution in [0.25, 0.3) is 0 Å². The Labute approximate surface area is 165 Å². The van der Waals surface area contributed by atoms with Crippen LogP contribution in [-0.2, 0) is 11.3 Å². The van der Waals surface area contributed by atoms with Gasteiger partial charge in [0.05, 0.1) is 16.4 Å². The van der Waals surface area contributed by atoms with Crippen molar-refractivity contribution in [3.8, 4) is 0 Å². The van der Waals surface area contributed by atoms with Crippen LogP contribution in [-0.4, -0.2) is 26.8 Å². The number of hydrogen-bond donors (Lipinski definition) is 2. The standard InChI is InChI=1S/C19H17ClFN5O2/c1-11-7-8-13(21)9-16(11)23-19(28)18-12(2)26(25-24-18)10-17(27)22-15-6-4-3-5-14(15)20/h3-9H,10H2,1-2H3,(H,22,27)(H,23,28). The molecule has 0 aliphatic heterocycles. The van der Waals surface area contributed by atoms with E-state index in [-0.39, 0.29) is 18.1 Å². The lowest BCUT2D eigenvalue weighted by molar-refractivity contribution is -0.117. The molecule has 0 saturated carbocycles. The summed E-state index contributed by atoms with van der Waals surface area (Å²) in [7, 11) is 0. The van der Waals surface area contributed by atoms with Crippen molar-refractivity contribution in [1.29, 1.82) is 0 Å². The maximum atomic E-state index is 13.4. The van der Waals surface area contributed by atoms with E-state index < -0.39 is 11.7 Å². The van der Waals surface area contributed by atoms with Crippen molar-refractivity contribution < 1.29 is 14.0 Å². The van der Waals surface area contributed by atoms with E-state index in [9.17, 15) is 14.0 Å². The minimum absolute atomic E-state index is 0.0502. The first-order valence-corrected chi connectivity index (χ1v) is 8.75. The van der Waals surface area contributed by atoms with Gasteiger partial charge in [0.15, 0.2) is 5.69 Å². The number of aromatic nitrogens is 3. The molecule has 0 saturated heterocycles. The molecule has 0 radical (unpaired) electrons. The Balaban J connectivity index is 1.71. The molecular formula is C19H17ClFN5O2. The van der Waals surface area contributed by atoms with E-state index in [0.717, 1.165) is 0 Å². The first-order chi connectivity index (χ1) is 13.3. The van der Waals surface area contributed by atoms with Crippen LogP contribution < -0.4 is 10.6 Å². The highest BCUT2D eigenvalue weighted by atomic mass is 35.5. The van der Waals surface area contributed by atoms with E-state index in [1.165, 1.54) is 16.8 Å². The highest BCUT2D eigenvalue weighted by Crippen LogP contribution is 2.20. The van der Waals surface area contributed by atoms with Crippen LogP contribution in [0.4, 0.5) is 15.8 Å². The summed E-state index contributed by atoms with van der Waals surface area (Å²) in [6.45, 7) is 3.23. The highest BCUT2D eigenvalue weighted by molar-refractivity contribution is 6.33. The lowest BCUT2D eigenvalue weighted by atomic mass is 10.2. The predicted octanol–water partition coefficient (Wildman–Crippen LogP) is 3.58. The predicted molar refractivity (Wildman–Crippen MR) is 104 cm³/mol. The van der Waals surface area contributed by atoms with E-state index in [2.05, 4.69) is 20.9 Å². The molecule has 3 aromatic rings. The zero-order chi connectivity index (χ0) is 20.3. The Hall–Kier alpha value is -3.26. The van der Waals surface area contributed by atoms with Crippen molar-refractivity contribution in [3.63, 3.8) is 0 Å². The molecule has 0 aliphatic carbocycles. The molecular weight excluding hydrogens is 385 g/mol. The van der Waals surface area contributed by atoms with Crippen molar-refractivity contribution >= 4 is 34.8 Å². The van der Waals surface area contributed by atoms with Crippen LogP contribution in [0.15, 0.2) is 42.5 Å². The molecule has 1 aromatic heterocycles. The monoisotopic (exact) mass is 401 g/mol. The molecule has 3 rings (SSSR count). The second kappa shape index (κ2) is 8.18. The largest absolute Gasteiger partial charge is 0.323 e. The van der Waals surface area contributed by atoms with Gasteiger partial charge in [-0.2, -0.15) is 0 Å². The van der Waals surface area contributed by atoms with Gasteiger partial charge in [-0.05, 0) is 43.7 Å². The molecule has 28 heavy (non-hydrogen) atoms. The first kappa shape index (κ1) is 19.5. The third-order valence-corrected chi connectivity index (χ3v) is 4.42. The SMILES string of the molecule is Cc1ccc(F)cc1NC(=O)c1nnn(CC(=O)Nc2ccccc2Cl)c1C. The van der Waals surface area contributed by atoms with Gasteiger partial charge in [0, 0.05) is 5.69 Å². The lowest BCUT2D eigenvalue weighted by Gasteiger charge is -2.09. The van der Waals surface area contributed by atoms with Crippen molar-refractivity contribution in [3.05, 3.63) is 70.3 Å². The summed E-state index contributed by atoms with van der Waals surface area (Å²) in [5.41, 5.74) is 1.98. The summed E-state index contributed by atoms with van der Waals surface area (Å²) in [4.78, 5) is 24.7. The number of rotatable bonds is 5. The van der Waals surface area contributed by atoms with Crippen LogP contribution in [0.5, 0.6) is 0 Å². The molecule has 0 aliphatic rings. The van der Waals surface area contributed by atoms with Crippen LogP contribution in [0.1, 0.15) is 21.7 Å². The van der Waals surface area contributed by atoms with Crippen LogP contribution in [0.2, 0.25) is 5.02 Å². The van der Waals surface area contributed by atoms with Crippen molar-refractivity contribution in [2.24, 2.45) is 0 Å². The molecule has 0 spiro atoms. The maximum absolute atomic E-state index is 13.4. The van der Waals surface area contributed by atoms with Crippen molar-refractivity contribution in [2.75, 3.05) is 10.6 Å². The van der Waals surface area contributed by atoms with Gasteiger partial charge in [-0.25, -0.2) is 9.07 Å². The molecule has 0 atom stereocenters. The Bertz CT molecular complexity index is 1050. The third kappa shape index (κ3) is 4.34. The summed E-state index contributed by atoms with van der Waals surface area (Å²) >= 11 is 6.02. The zero-order valence-electron chi connectivity index (χ0n) is 15.2. The van der Waals surface area contributed by atoms with Crippen LogP contribution >= 0.6 is 11.6 Å². The average Bonchev–Trinajstić information content (AvgIpc) is 3.00. The third-order valence-electron chi connectivity index (χ3n) is 4.09.